The number of rotatable bonds is 6. The van der Waals surface area contributed by atoms with Gasteiger partial charge >= 0.3 is 5.97 Å². The molecule has 2 aromatic rings. The summed E-state index contributed by atoms with van der Waals surface area (Å²) < 4.78 is 26.6. The fourth-order valence-corrected chi connectivity index (χ4v) is 3.12. The van der Waals surface area contributed by atoms with Crippen molar-refractivity contribution in [1.29, 1.82) is 0 Å². The third kappa shape index (κ3) is 4.92. The molecule has 0 heterocycles. The molecule has 0 fully saturated rings. The second-order valence-corrected chi connectivity index (χ2v) is 6.34. The Morgan fingerprint density at radius 2 is 1.67 bits per heavy atom. The summed E-state index contributed by atoms with van der Waals surface area (Å²) in [4.78, 5) is 10.7. The molecule has 2 rings (SSSR count). The first-order chi connectivity index (χ1) is 9.94. The van der Waals surface area contributed by atoms with Gasteiger partial charge in [-0.3, -0.25) is 9.52 Å². The van der Waals surface area contributed by atoms with Crippen molar-refractivity contribution in [1.82, 2.24) is 0 Å². The van der Waals surface area contributed by atoms with Gasteiger partial charge in [0.15, 0.2) is 0 Å². The lowest BCUT2D eigenvalue weighted by Gasteiger charge is -2.09. The van der Waals surface area contributed by atoms with E-state index in [2.05, 4.69) is 4.72 Å². The minimum atomic E-state index is -3.53. The molecule has 21 heavy (non-hydrogen) atoms. The molecule has 0 saturated heterocycles. The van der Waals surface area contributed by atoms with Gasteiger partial charge < -0.3 is 5.11 Å². The van der Waals surface area contributed by atoms with E-state index in [0.29, 0.717) is 16.8 Å². The van der Waals surface area contributed by atoms with E-state index in [1.165, 1.54) is 6.07 Å². The highest BCUT2D eigenvalue weighted by atomic mass is 32.2. The highest BCUT2D eigenvalue weighted by molar-refractivity contribution is 7.91. The van der Waals surface area contributed by atoms with Crippen LogP contribution in [0.5, 0.6) is 0 Å². The monoisotopic (exact) mass is 305 g/mol. The molecular weight excluding hydrogens is 290 g/mol. The molecule has 5 nitrogen and oxygen atoms in total. The fourth-order valence-electron chi connectivity index (χ4n) is 1.93. The number of benzene rings is 2. The Labute approximate surface area is 123 Å². The van der Waals surface area contributed by atoms with Crippen molar-refractivity contribution in [3.05, 3.63) is 65.7 Å². The number of carboxylic acids is 1. The van der Waals surface area contributed by atoms with Crippen molar-refractivity contribution in [3.63, 3.8) is 0 Å². The molecule has 0 atom stereocenters. The predicted molar refractivity (Wildman–Crippen MR) is 80.5 cm³/mol. The zero-order valence-electron chi connectivity index (χ0n) is 11.2. The molecule has 2 aromatic carbocycles. The lowest BCUT2D eigenvalue weighted by atomic mass is 10.1. The Hall–Kier alpha value is -2.34. The van der Waals surface area contributed by atoms with Gasteiger partial charge in [-0.1, -0.05) is 42.5 Å². The SMILES string of the molecule is O=C(O)Cc1cccc(NS(=O)(=O)Cc2ccccc2)c1. The van der Waals surface area contributed by atoms with Crippen molar-refractivity contribution in [2.24, 2.45) is 0 Å². The molecular formula is C15H15NO4S. The zero-order valence-corrected chi connectivity index (χ0v) is 12.0. The van der Waals surface area contributed by atoms with Gasteiger partial charge in [-0.2, -0.15) is 0 Å². The zero-order chi connectivity index (χ0) is 15.3. The minimum Gasteiger partial charge on any atom is -0.481 e. The molecule has 0 aliphatic carbocycles. The third-order valence-corrected chi connectivity index (χ3v) is 4.02. The number of anilines is 1. The maximum absolute atomic E-state index is 12.1. The third-order valence-electron chi connectivity index (χ3n) is 2.76. The smallest absolute Gasteiger partial charge is 0.307 e. The van der Waals surface area contributed by atoms with Gasteiger partial charge in [-0.15, -0.1) is 0 Å². The van der Waals surface area contributed by atoms with E-state index < -0.39 is 16.0 Å². The first-order valence-electron chi connectivity index (χ1n) is 6.30. The molecule has 0 unspecified atom stereocenters. The maximum Gasteiger partial charge on any atom is 0.307 e. The molecule has 0 amide bonds. The van der Waals surface area contributed by atoms with Gasteiger partial charge in [0.05, 0.1) is 12.2 Å². The van der Waals surface area contributed by atoms with Gasteiger partial charge in [-0.05, 0) is 23.3 Å². The quantitative estimate of drug-likeness (QED) is 0.857. The van der Waals surface area contributed by atoms with E-state index in [4.69, 9.17) is 5.11 Å². The van der Waals surface area contributed by atoms with Crippen molar-refractivity contribution in [3.8, 4) is 0 Å². The van der Waals surface area contributed by atoms with E-state index in [0.717, 1.165) is 0 Å². The van der Waals surface area contributed by atoms with Crippen LogP contribution in [0.25, 0.3) is 0 Å². The van der Waals surface area contributed by atoms with Gasteiger partial charge in [0.25, 0.3) is 0 Å². The van der Waals surface area contributed by atoms with Crippen LogP contribution in [0, 0.1) is 0 Å². The standard InChI is InChI=1S/C15H15NO4S/c17-15(18)10-13-7-4-8-14(9-13)16-21(19,20)11-12-5-2-1-3-6-12/h1-9,16H,10-11H2,(H,17,18). The number of hydrogen-bond donors (Lipinski definition) is 2. The lowest BCUT2D eigenvalue weighted by molar-refractivity contribution is -0.136. The van der Waals surface area contributed by atoms with Gasteiger partial charge in [0.1, 0.15) is 0 Å². The number of sulfonamides is 1. The molecule has 0 saturated carbocycles. The second kappa shape index (κ2) is 6.41. The Balaban J connectivity index is 2.11. The van der Waals surface area contributed by atoms with Crippen LogP contribution >= 0.6 is 0 Å². The summed E-state index contributed by atoms with van der Waals surface area (Å²) in [7, 11) is -3.53. The summed E-state index contributed by atoms with van der Waals surface area (Å²) >= 11 is 0. The van der Waals surface area contributed by atoms with Gasteiger partial charge in [0.2, 0.25) is 10.0 Å². The molecule has 0 aliphatic heterocycles. The predicted octanol–water partition coefficient (Wildman–Crippen LogP) is 2.26. The number of aliphatic carboxylic acids is 1. The molecule has 110 valence electrons. The normalized spacial score (nSPS) is 11.0. The Kier molecular flexibility index (Phi) is 4.59. The maximum atomic E-state index is 12.1. The summed E-state index contributed by atoms with van der Waals surface area (Å²) in [5, 5.41) is 8.75. The second-order valence-electron chi connectivity index (χ2n) is 4.62. The van der Waals surface area contributed by atoms with Crippen molar-refractivity contribution < 1.29 is 18.3 Å². The largest absolute Gasteiger partial charge is 0.481 e. The van der Waals surface area contributed by atoms with Crippen molar-refractivity contribution in [2.45, 2.75) is 12.2 Å². The van der Waals surface area contributed by atoms with Crippen molar-refractivity contribution in [2.75, 3.05) is 4.72 Å². The number of hydrogen-bond acceptors (Lipinski definition) is 3. The van der Waals surface area contributed by atoms with Crippen LogP contribution in [0.2, 0.25) is 0 Å². The van der Waals surface area contributed by atoms with E-state index in [-0.39, 0.29) is 12.2 Å². The van der Waals surface area contributed by atoms with E-state index in [1.54, 1.807) is 42.5 Å². The molecule has 0 aromatic heterocycles. The van der Waals surface area contributed by atoms with Crippen LogP contribution in [0.4, 0.5) is 5.69 Å². The first-order valence-corrected chi connectivity index (χ1v) is 7.95. The molecule has 0 aliphatic rings. The van der Waals surface area contributed by atoms with Gasteiger partial charge in [0, 0.05) is 5.69 Å². The Morgan fingerprint density at radius 1 is 1.00 bits per heavy atom. The highest BCUT2D eigenvalue weighted by Crippen LogP contribution is 2.15. The number of carbonyl (C=O) groups is 1. The topological polar surface area (TPSA) is 83.5 Å². The molecule has 2 N–H and O–H groups in total. The average molecular weight is 305 g/mol. The van der Waals surface area contributed by atoms with Crippen LogP contribution in [0.1, 0.15) is 11.1 Å². The summed E-state index contributed by atoms with van der Waals surface area (Å²) in [6, 6.07) is 15.2. The van der Waals surface area contributed by atoms with Crippen LogP contribution < -0.4 is 4.72 Å². The van der Waals surface area contributed by atoms with Gasteiger partial charge in [-0.25, -0.2) is 8.42 Å². The molecule has 0 radical (unpaired) electrons. The highest BCUT2D eigenvalue weighted by Gasteiger charge is 2.12. The fraction of sp³-hybridized carbons (Fsp3) is 0.133. The first kappa shape index (κ1) is 15.1. The summed E-state index contributed by atoms with van der Waals surface area (Å²) in [5.41, 5.74) is 1.60. The number of nitrogens with one attached hydrogen (secondary N) is 1. The van der Waals surface area contributed by atoms with E-state index in [1.807, 2.05) is 6.07 Å². The summed E-state index contributed by atoms with van der Waals surface area (Å²) in [6.07, 6.45) is -0.145. The molecule has 0 bridgehead atoms. The molecule has 6 heteroatoms. The van der Waals surface area contributed by atoms with E-state index >= 15 is 0 Å². The number of carboxylic acid groups (broad SMARTS) is 1. The Bertz CT molecular complexity index is 726. The average Bonchev–Trinajstić information content (AvgIpc) is 2.38. The minimum absolute atomic E-state index is 0.128. The van der Waals surface area contributed by atoms with Crippen LogP contribution in [-0.4, -0.2) is 19.5 Å². The Morgan fingerprint density at radius 3 is 2.33 bits per heavy atom. The van der Waals surface area contributed by atoms with E-state index in [9.17, 15) is 13.2 Å². The summed E-state index contributed by atoms with van der Waals surface area (Å²) in [5.74, 6) is -1.09. The summed E-state index contributed by atoms with van der Waals surface area (Å²) in [6.45, 7) is 0. The van der Waals surface area contributed by atoms with Crippen LogP contribution in [0.3, 0.4) is 0 Å². The van der Waals surface area contributed by atoms with Crippen LogP contribution in [0.15, 0.2) is 54.6 Å². The lowest BCUT2D eigenvalue weighted by Crippen LogP contribution is -2.15. The van der Waals surface area contributed by atoms with Crippen molar-refractivity contribution >= 4 is 21.7 Å². The van der Waals surface area contributed by atoms with Crippen LogP contribution in [-0.2, 0) is 27.0 Å². The molecule has 0 spiro atoms.